The van der Waals surface area contributed by atoms with Gasteiger partial charge in [-0.1, -0.05) is 42.0 Å². The van der Waals surface area contributed by atoms with E-state index in [1.54, 1.807) is 7.11 Å². The summed E-state index contributed by atoms with van der Waals surface area (Å²) in [5.41, 5.74) is 3.23. The predicted molar refractivity (Wildman–Crippen MR) is 79.7 cm³/mol. The molecule has 2 rings (SSSR count). The van der Waals surface area contributed by atoms with Crippen molar-refractivity contribution >= 4 is 5.91 Å². The molecule has 20 heavy (non-hydrogen) atoms. The van der Waals surface area contributed by atoms with Crippen LogP contribution < -0.4 is 10.1 Å². The maximum absolute atomic E-state index is 11.9. The molecule has 104 valence electrons. The van der Waals surface area contributed by atoms with Crippen LogP contribution in [0.5, 0.6) is 5.75 Å². The Morgan fingerprint density at radius 1 is 1.10 bits per heavy atom. The van der Waals surface area contributed by atoms with Crippen molar-refractivity contribution in [2.24, 2.45) is 0 Å². The highest BCUT2D eigenvalue weighted by atomic mass is 16.5. The minimum Gasteiger partial charge on any atom is -0.497 e. The van der Waals surface area contributed by atoms with Gasteiger partial charge in [0.05, 0.1) is 13.5 Å². The van der Waals surface area contributed by atoms with Gasteiger partial charge in [0, 0.05) is 6.54 Å². The van der Waals surface area contributed by atoms with Gasteiger partial charge in [0.2, 0.25) is 5.91 Å². The van der Waals surface area contributed by atoms with Crippen molar-refractivity contribution in [3.8, 4) is 5.75 Å². The molecule has 0 atom stereocenters. The van der Waals surface area contributed by atoms with E-state index in [0.29, 0.717) is 13.0 Å². The molecule has 1 N–H and O–H groups in total. The molecule has 0 fully saturated rings. The van der Waals surface area contributed by atoms with Gasteiger partial charge >= 0.3 is 0 Å². The first-order valence-corrected chi connectivity index (χ1v) is 6.62. The van der Waals surface area contributed by atoms with Gasteiger partial charge in [-0.25, -0.2) is 0 Å². The lowest BCUT2D eigenvalue weighted by Crippen LogP contribution is -2.24. The zero-order valence-corrected chi connectivity index (χ0v) is 11.8. The van der Waals surface area contributed by atoms with Gasteiger partial charge in [-0.3, -0.25) is 4.79 Å². The Morgan fingerprint density at radius 3 is 2.60 bits per heavy atom. The molecule has 0 bridgehead atoms. The Bertz CT molecular complexity index is 593. The van der Waals surface area contributed by atoms with Crippen LogP contribution in [0.3, 0.4) is 0 Å². The van der Waals surface area contributed by atoms with Crippen molar-refractivity contribution in [3.63, 3.8) is 0 Å². The average Bonchev–Trinajstić information content (AvgIpc) is 2.45. The van der Waals surface area contributed by atoms with Crippen molar-refractivity contribution < 1.29 is 9.53 Å². The first kappa shape index (κ1) is 14.1. The van der Waals surface area contributed by atoms with Crippen LogP contribution in [0.25, 0.3) is 0 Å². The second kappa shape index (κ2) is 6.75. The second-order valence-corrected chi connectivity index (χ2v) is 4.79. The predicted octanol–water partition coefficient (Wildman–Crippen LogP) is 2.86. The number of rotatable bonds is 5. The molecule has 0 saturated carbocycles. The van der Waals surface area contributed by atoms with E-state index in [0.717, 1.165) is 16.9 Å². The maximum Gasteiger partial charge on any atom is 0.224 e. The maximum atomic E-state index is 11.9. The van der Waals surface area contributed by atoms with E-state index in [1.165, 1.54) is 5.56 Å². The summed E-state index contributed by atoms with van der Waals surface area (Å²) in [4.78, 5) is 11.9. The topological polar surface area (TPSA) is 38.3 Å². The number of nitrogens with one attached hydrogen (secondary N) is 1. The van der Waals surface area contributed by atoms with E-state index in [-0.39, 0.29) is 5.91 Å². The number of aryl methyl sites for hydroxylation is 1. The fourth-order valence-corrected chi connectivity index (χ4v) is 2.05. The lowest BCUT2D eigenvalue weighted by Gasteiger charge is -2.07. The van der Waals surface area contributed by atoms with Crippen molar-refractivity contribution in [2.75, 3.05) is 7.11 Å². The molecular weight excluding hydrogens is 250 g/mol. The minimum atomic E-state index is 0.0263. The Kier molecular flexibility index (Phi) is 4.77. The average molecular weight is 269 g/mol. The largest absolute Gasteiger partial charge is 0.497 e. The summed E-state index contributed by atoms with van der Waals surface area (Å²) in [6.07, 6.45) is 0.408. The summed E-state index contributed by atoms with van der Waals surface area (Å²) < 4.78 is 5.16. The van der Waals surface area contributed by atoms with E-state index >= 15 is 0 Å². The normalized spacial score (nSPS) is 10.1. The highest BCUT2D eigenvalue weighted by molar-refractivity contribution is 5.78. The molecule has 0 spiro atoms. The molecule has 0 aliphatic heterocycles. The Balaban J connectivity index is 1.88. The van der Waals surface area contributed by atoms with Crippen molar-refractivity contribution in [1.29, 1.82) is 0 Å². The zero-order valence-electron chi connectivity index (χ0n) is 11.8. The Hall–Kier alpha value is -2.29. The standard InChI is InChI=1S/C17H19NO2/c1-13-5-3-6-14(9-13)11-17(19)18-12-15-7-4-8-16(10-15)20-2/h3-10H,11-12H2,1-2H3,(H,18,19). The van der Waals surface area contributed by atoms with Gasteiger partial charge in [0.25, 0.3) is 0 Å². The summed E-state index contributed by atoms with van der Waals surface area (Å²) in [6.45, 7) is 2.54. The molecule has 2 aromatic rings. The van der Waals surface area contributed by atoms with Crippen molar-refractivity contribution in [3.05, 3.63) is 65.2 Å². The van der Waals surface area contributed by atoms with Gasteiger partial charge in [-0.15, -0.1) is 0 Å². The SMILES string of the molecule is COc1cccc(CNC(=O)Cc2cccc(C)c2)c1. The molecule has 3 nitrogen and oxygen atoms in total. The molecule has 0 unspecified atom stereocenters. The van der Waals surface area contributed by atoms with Gasteiger partial charge in [0.15, 0.2) is 0 Å². The van der Waals surface area contributed by atoms with Crippen LogP contribution in [0.2, 0.25) is 0 Å². The summed E-state index contributed by atoms with van der Waals surface area (Å²) in [5, 5.41) is 2.92. The molecule has 3 heteroatoms. The van der Waals surface area contributed by atoms with E-state index in [4.69, 9.17) is 4.74 Å². The van der Waals surface area contributed by atoms with E-state index < -0.39 is 0 Å². The number of amides is 1. The summed E-state index contributed by atoms with van der Waals surface area (Å²) in [5.74, 6) is 0.828. The molecule has 0 aromatic heterocycles. The monoisotopic (exact) mass is 269 g/mol. The Labute approximate surface area is 119 Å². The first-order valence-electron chi connectivity index (χ1n) is 6.62. The van der Waals surface area contributed by atoms with Crippen LogP contribution in [0.4, 0.5) is 0 Å². The van der Waals surface area contributed by atoms with Gasteiger partial charge in [-0.2, -0.15) is 0 Å². The number of hydrogen-bond donors (Lipinski definition) is 1. The van der Waals surface area contributed by atoms with Gasteiger partial charge < -0.3 is 10.1 Å². The number of hydrogen-bond acceptors (Lipinski definition) is 2. The highest BCUT2D eigenvalue weighted by Crippen LogP contribution is 2.12. The molecule has 1 amide bonds. The van der Waals surface area contributed by atoms with Gasteiger partial charge in [-0.05, 0) is 30.2 Å². The van der Waals surface area contributed by atoms with Crippen LogP contribution in [0, 0.1) is 6.92 Å². The molecule has 0 radical (unpaired) electrons. The van der Waals surface area contributed by atoms with Crippen LogP contribution in [-0.2, 0) is 17.8 Å². The molecule has 0 heterocycles. The van der Waals surface area contributed by atoms with E-state index in [1.807, 2.05) is 55.5 Å². The Morgan fingerprint density at radius 2 is 1.85 bits per heavy atom. The highest BCUT2D eigenvalue weighted by Gasteiger charge is 2.04. The molecule has 0 saturated heterocycles. The second-order valence-electron chi connectivity index (χ2n) is 4.79. The number of carbonyl (C=O) groups is 1. The third-order valence-corrected chi connectivity index (χ3v) is 3.07. The van der Waals surface area contributed by atoms with Crippen molar-refractivity contribution in [1.82, 2.24) is 5.32 Å². The van der Waals surface area contributed by atoms with Crippen molar-refractivity contribution in [2.45, 2.75) is 19.9 Å². The van der Waals surface area contributed by atoms with E-state index in [9.17, 15) is 4.79 Å². The van der Waals surface area contributed by atoms with Crippen LogP contribution in [0.1, 0.15) is 16.7 Å². The smallest absolute Gasteiger partial charge is 0.224 e. The summed E-state index contributed by atoms with van der Waals surface area (Å²) >= 11 is 0. The number of carbonyl (C=O) groups excluding carboxylic acids is 1. The summed E-state index contributed by atoms with van der Waals surface area (Å²) in [7, 11) is 1.63. The van der Waals surface area contributed by atoms with Gasteiger partial charge in [0.1, 0.15) is 5.75 Å². The lowest BCUT2D eigenvalue weighted by molar-refractivity contribution is -0.120. The zero-order chi connectivity index (χ0) is 14.4. The number of ether oxygens (including phenoxy) is 1. The molecular formula is C17H19NO2. The molecule has 2 aromatic carbocycles. The quantitative estimate of drug-likeness (QED) is 0.906. The third-order valence-electron chi connectivity index (χ3n) is 3.07. The number of benzene rings is 2. The molecule has 0 aliphatic rings. The fourth-order valence-electron chi connectivity index (χ4n) is 2.05. The fraction of sp³-hybridized carbons (Fsp3) is 0.235. The lowest BCUT2D eigenvalue weighted by atomic mass is 10.1. The number of methoxy groups -OCH3 is 1. The van der Waals surface area contributed by atoms with E-state index in [2.05, 4.69) is 5.32 Å². The molecule has 0 aliphatic carbocycles. The first-order chi connectivity index (χ1) is 9.67. The van der Waals surface area contributed by atoms with Crippen LogP contribution in [-0.4, -0.2) is 13.0 Å². The summed E-state index contributed by atoms with van der Waals surface area (Å²) in [6, 6.07) is 15.7. The third kappa shape index (κ3) is 4.12. The van der Waals surface area contributed by atoms with Crippen LogP contribution in [0.15, 0.2) is 48.5 Å². The van der Waals surface area contributed by atoms with Crippen LogP contribution >= 0.6 is 0 Å². The minimum absolute atomic E-state index is 0.0263.